The second-order valence-electron chi connectivity index (χ2n) is 5.84. The predicted octanol–water partition coefficient (Wildman–Crippen LogP) is 2.62. The van der Waals surface area contributed by atoms with Gasteiger partial charge in [-0.3, -0.25) is 9.59 Å². The first kappa shape index (κ1) is 15.2. The van der Waals surface area contributed by atoms with Gasteiger partial charge in [-0.25, -0.2) is 9.69 Å². The van der Waals surface area contributed by atoms with Crippen LogP contribution in [0.15, 0.2) is 48.6 Å². The fourth-order valence-corrected chi connectivity index (χ4v) is 3.14. The average molecular weight is 311 g/mol. The van der Waals surface area contributed by atoms with Gasteiger partial charge in [-0.05, 0) is 31.9 Å². The van der Waals surface area contributed by atoms with Crippen molar-refractivity contribution in [3.8, 4) is 5.75 Å². The molecule has 2 atom stereocenters. The number of carbonyl (C=O) groups excluding carboxylic acids is 3. The number of amides is 2. The summed E-state index contributed by atoms with van der Waals surface area (Å²) in [6.45, 7) is 5.32. The molecule has 1 aromatic carbocycles. The van der Waals surface area contributed by atoms with Gasteiger partial charge in [0.2, 0.25) is 11.8 Å². The van der Waals surface area contributed by atoms with Crippen LogP contribution in [-0.4, -0.2) is 17.8 Å². The van der Waals surface area contributed by atoms with E-state index in [1.54, 1.807) is 18.2 Å². The Morgan fingerprint density at radius 2 is 2.04 bits per heavy atom. The van der Waals surface area contributed by atoms with E-state index in [0.29, 0.717) is 18.5 Å². The van der Waals surface area contributed by atoms with Crippen molar-refractivity contribution in [3.05, 3.63) is 48.6 Å². The Labute approximate surface area is 134 Å². The number of nitrogens with zero attached hydrogens (tertiary/aromatic N) is 1. The molecule has 0 bridgehead atoms. The molecule has 1 fully saturated rings. The first-order valence-corrected chi connectivity index (χ1v) is 7.49. The van der Waals surface area contributed by atoms with Gasteiger partial charge in [0.1, 0.15) is 5.75 Å². The fraction of sp³-hybridized carbons (Fsp3) is 0.278. The number of anilines is 1. The molecule has 2 amide bonds. The summed E-state index contributed by atoms with van der Waals surface area (Å²) in [5.41, 5.74) is 1.57. The number of hydrogen-bond donors (Lipinski definition) is 0. The van der Waals surface area contributed by atoms with Crippen LogP contribution in [0.5, 0.6) is 5.75 Å². The second-order valence-corrected chi connectivity index (χ2v) is 5.84. The minimum Gasteiger partial charge on any atom is -0.423 e. The van der Waals surface area contributed by atoms with E-state index in [0.717, 1.165) is 11.6 Å². The Morgan fingerprint density at radius 1 is 1.30 bits per heavy atom. The monoisotopic (exact) mass is 311 g/mol. The van der Waals surface area contributed by atoms with Gasteiger partial charge in [-0.15, -0.1) is 0 Å². The largest absolute Gasteiger partial charge is 0.423 e. The molecule has 0 radical (unpaired) electrons. The van der Waals surface area contributed by atoms with Crippen molar-refractivity contribution in [1.82, 2.24) is 0 Å². The van der Waals surface area contributed by atoms with E-state index in [-0.39, 0.29) is 29.4 Å². The standard InChI is InChI=1S/C18H17NO4/c1-3-16(20)23-13-6-4-5-12(10-13)19-17(21)14-8-7-11(2)9-15(14)18(19)22/h3-7,10,14-15H,1,8-9H2,2H3/t14-,15+/m1/s1. The lowest BCUT2D eigenvalue weighted by molar-refractivity contribution is -0.129. The van der Waals surface area contributed by atoms with Crippen LogP contribution >= 0.6 is 0 Å². The summed E-state index contributed by atoms with van der Waals surface area (Å²) in [5.74, 6) is -1.25. The number of fused-ring (bicyclic) bond motifs is 1. The minimum absolute atomic E-state index is 0.181. The second kappa shape index (κ2) is 5.83. The maximum absolute atomic E-state index is 12.6. The van der Waals surface area contributed by atoms with E-state index in [4.69, 9.17) is 4.74 Å². The Balaban J connectivity index is 1.89. The zero-order chi connectivity index (χ0) is 16.6. The van der Waals surface area contributed by atoms with Crippen molar-refractivity contribution in [3.63, 3.8) is 0 Å². The van der Waals surface area contributed by atoms with Crippen LogP contribution in [0.25, 0.3) is 0 Å². The number of carbonyl (C=O) groups is 3. The van der Waals surface area contributed by atoms with Crippen LogP contribution < -0.4 is 9.64 Å². The summed E-state index contributed by atoms with van der Waals surface area (Å²) in [7, 11) is 0. The smallest absolute Gasteiger partial charge is 0.335 e. The Hall–Kier alpha value is -2.69. The molecule has 1 aromatic rings. The van der Waals surface area contributed by atoms with Gasteiger partial charge in [0.15, 0.2) is 0 Å². The first-order valence-electron chi connectivity index (χ1n) is 7.49. The van der Waals surface area contributed by atoms with Crippen molar-refractivity contribution in [2.45, 2.75) is 19.8 Å². The molecule has 5 nitrogen and oxygen atoms in total. The number of rotatable bonds is 3. The van der Waals surface area contributed by atoms with E-state index in [2.05, 4.69) is 6.58 Å². The number of allylic oxidation sites excluding steroid dienone is 2. The highest BCUT2D eigenvalue weighted by Gasteiger charge is 2.48. The molecule has 0 aromatic heterocycles. The zero-order valence-electron chi connectivity index (χ0n) is 12.8. The topological polar surface area (TPSA) is 63.7 Å². The van der Waals surface area contributed by atoms with Gasteiger partial charge in [-0.2, -0.15) is 0 Å². The molecule has 118 valence electrons. The summed E-state index contributed by atoms with van der Waals surface area (Å²) in [6, 6.07) is 6.43. The summed E-state index contributed by atoms with van der Waals surface area (Å²) in [6.07, 6.45) is 4.31. The van der Waals surface area contributed by atoms with Gasteiger partial charge in [0.25, 0.3) is 0 Å². The SMILES string of the molecule is C=CC(=O)Oc1cccc(N2C(=O)[C@H]3CC(C)=CC[C@H]3C2=O)c1. The molecule has 0 spiro atoms. The van der Waals surface area contributed by atoms with Gasteiger partial charge in [0, 0.05) is 12.1 Å². The van der Waals surface area contributed by atoms with Gasteiger partial charge in [-0.1, -0.05) is 24.3 Å². The summed E-state index contributed by atoms with van der Waals surface area (Å²) in [5, 5.41) is 0. The van der Waals surface area contributed by atoms with Crippen molar-refractivity contribution < 1.29 is 19.1 Å². The van der Waals surface area contributed by atoms with Crippen LogP contribution in [0.3, 0.4) is 0 Å². The van der Waals surface area contributed by atoms with Crippen molar-refractivity contribution in [1.29, 1.82) is 0 Å². The molecule has 5 heteroatoms. The quantitative estimate of drug-likeness (QED) is 0.283. The highest BCUT2D eigenvalue weighted by molar-refractivity contribution is 6.22. The van der Waals surface area contributed by atoms with E-state index in [1.165, 1.54) is 11.0 Å². The van der Waals surface area contributed by atoms with Gasteiger partial charge in [0.05, 0.1) is 17.5 Å². The normalized spacial score (nSPS) is 23.3. The van der Waals surface area contributed by atoms with Gasteiger partial charge < -0.3 is 4.74 Å². The number of hydrogen-bond acceptors (Lipinski definition) is 4. The Bertz CT molecular complexity index is 734. The molecule has 23 heavy (non-hydrogen) atoms. The Kier molecular flexibility index (Phi) is 3.86. The molecule has 1 aliphatic heterocycles. The van der Waals surface area contributed by atoms with Crippen LogP contribution in [0.1, 0.15) is 19.8 Å². The number of benzene rings is 1. The minimum atomic E-state index is -0.588. The summed E-state index contributed by atoms with van der Waals surface area (Å²) >= 11 is 0. The third-order valence-corrected chi connectivity index (χ3v) is 4.28. The molecule has 0 saturated carbocycles. The van der Waals surface area contributed by atoms with Crippen molar-refractivity contribution >= 4 is 23.5 Å². The zero-order valence-corrected chi connectivity index (χ0v) is 12.8. The maximum atomic E-state index is 12.6. The molecule has 0 N–H and O–H groups in total. The molecule has 1 heterocycles. The third-order valence-electron chi connectivity index (χ3n) is 4.28. The van der Waals surface area contributed by atoms with E-state index < -0.39 is 5.97 Å². The average Bonchev–Trinajstić information content (AvgIpc) is 2.78. The van der Waals surface area contributed by atoms with Crippen LogP contribution in [0.4, 0.5) is 5.69 Å². The van der Waals surface area contributed by atoms with Crippen LogP contribution in [0, 0.1) is 11.8 Å². The van der Waals surface area contributed by atoms with Crippen molar-refractivity contribution in [2.75, 3.05) is 4.90 Å². The van der Waals surface area contributed by atoms with Crippen LogP contribution in [-0.2, 0) is 14.4 Å². The molecule has 1 saturated heterocycles. The summed E-state index contributed by atoms with van der Waals surface area (Å²) < 4.78 is 5.05. The highest BCUT2D eigenvalue weighted by Crippen LogP contribution is 2.40. The van der Waals surface area contributed by atoms with E-state index >= 15 is 0 Å². The number of imide groups is 1. The lowest BCUT2D eigenvalue weighted by Gasteiger charge is -2.18. The Morgan fingerprint density at radius 3 is 2.78 bits per heavy atom. The molecule has 2 aliphatic rings. The molecular weight excluding hydrogens is 294 g/mol. The van der Waals surface area contributed by atoms with Crippen molar-refractivity contribution in [2.24, 2.45) is 11.8 Å². The lowest BCUT2D eigenvalue weighted by atomic mass is 9.82. The van der Waals surface area contributed by atoms with E-state index in [9.17, 15) is 14.4 Å². The molecule has 0 unspecified atom stereocenters. The first-order chi connectivity index (χ1) is 11.0. The lowest BCUT2D eigenvalue weighted by Crippen LogP contribution is -2.30. The highest BCUT2D eigenvalue weighted by atomic mass is 16.5. The molecule has 3 rings (SSSR count). The van der Waals surface area contributed by atoms with Crippen LogP contribution in [0.2, 0.25) is 0 Å². The molecule has 1 aliphatic carbocycles. The third kappa shape index (κ3) is 2.70. The summed E-state index contributed by atoms with van der Waals surface area (Å²) in [4.78, 5) is 37.7. The fourth-order valence-electron chi connectivity index (χ4n) is 3.14. The predicted molar refractivity (Wildman–Crippen MR) is 84.7 cm³/mol. The molecular formula is C18H17NO4. The van der Waals surface area contributed by atoms with E-state index in [1.807, 2.05) is 13.0 Å². The number of ether oxygens (including phenoxy) is 1. The maximum Gasteiger partial charge on any atom is 0.335 e. The van der Waals surface area contributed by atoms with Gasteiger partial charge >= 0.3 is 5.97 Å². The number of esters is 1.